The van der Waals surface area contributed by atoms with Crippen molar-refractivity contribution in [2.45, 2.75) is 12.5 Å². The van der Waals surface area contributed by atoms with Crippen LogP contribution in [-0.4, -0.2) is 11.0 Å². The Kier molecular flexibility index (Phi) is 3.47. The summed E-state index contributed by atoms with van der Waals surface area (Å²) in [6.07, 6.45) is -0.500. The molecule has 1 heterocycles. The van der Waals surface area contributed by atoms with Gasteiger partial charge in [-0.2, -0.15) is 0 Å². The SMILES string of the molecule is O=C1Cc2cc(C(O)c3ccc(F)cc3I)ccc2N1. The van der Waals surface area contributed by atoms with Gasteiger partial charge in [-0.05, 0) is 57.5 Å². The molecule has 1 atom stereocenters. The highest BCUT2D eigenvalue weighted by Gasteiger charge is 2.20. The van der Waals surface area contributed by atoms with Crippen LogP contribution in [0.1, 0.15) is 22.8 Å². The van der Waals surface area contributed by atoms with Gasteiger partial charge in [0.25, 0.3) is 0 Å². The predicted molar refractivity (Wildman–Crippen MR) is 82.0 cm³/mol. The van der Waals surface area contributed by atoms with Crippen molar-refractivity contribution in [3.05, 3.63) is 62.5 Å². The number of carbonyl (C=O) groups is 1. The van der Waals surface area contributed by atoms with Crippen molar-refractivity contribution >= 4 is 34.2 Å². The van der Waals surface area contributed by atoms with Crippen LogP contribution in [0, 0.1) is 9.39 Å². The van der Waals surface area contributed by atoms with E-state index >= 15 is 0 Å². The molecule has 2 aromatic carbocycles. The molecule has 3 nitrogen and oxygen atoms in total. The smallest absolute Gasteiger partial charge is 0.228 e. The standard InChI is InChI=1S/C15H11FINO2/c16-10-2-3-11(12(17)7-10)15(20)8-1-4-13-9(5-8)6-14(19)18-13/h1-5,7,15,20H,6H2,(H,18,19). The van der Waals surface area contributed by atoms with E-state index in [1.165, 1.54) is 12.1 Å². The van der Waals surface area contributed by atoms with Gasteiger partial charge >= 0.3 is 0 Å². The average Bonchev–Trinajstić information content (AvgIpc) is 2.77. The van der Waals surface area contributed by atoms with Gasteiger partial charge < -0.3 is 10.4 Å². The summed E-state index contributed by atoms with van der Waals surface area (Å²) in [5.41, 5.74) is 3.03. The molecule has 0 aromatic heterocycles. The van der Waals surface area contributed by atoms with Crippen molar-refractivity contribution in [3.63, 3.8) is 0 Å². The number of aliphatic hydroxyl groups is 1. The maximum atomic E-state index is 13.1. The number of rotatable bonds is 2. The Morgan fingerprint density at radius 2 is 2.05 bits per heavy atom. The molecule has 0 radical (unpaired) electrons. The number of carbonyl (C=O) groups excluding carboxylic acids is 1. The molecule has 2 aromatic rings. The molecule has 0 aliphatic carbocycles. The van der Waals surface area contributed by atoms with Gasteiger partial charge in [-0.1, -0.05) is 18.2 Å². The van der Waals surface area contributed by atoms with Crippen LogP contribution >= 0.6 is 22.6 Å². The Morgan fingerprint density at radius 1 is 1.25 bits per heavy atom. The van der Waals surface area contributed by atoms with Crippen molar-refractivity contribution in [1.29, 1.82) is 0 Å². The van der Waals surface area contributed by atoms with Crippen LogP contribution < -0.4 is 5.32 Å². The van der Waals surface area contributed by atoms with E-state index in [4.69, 9.17) is 0 Å². The minimum absolute atomic E-state index is 0.0389. The molecule has 1 amide bonds. The highest BCUT2D eigenvalue weighted by molar-refractivity contribution is 14.1. The highest BCUT2D eigenvalue weighted by Crippen LogP contribution is 2.31. The summed E-state index contributed by atoms with van der Waals surface area (Å²) in [6, 6.07) is 9.68. The summed E-state index contributed by atoms with van der Waals surface area (Å²) in [5, 5.41) is 13.2. The molecule has 0 spiro atoms. The maximum Gasteiger partial charge on any atom is 0.228 e. The Labute approximate surface area is 129 Å². The quantitative estimate of drug-likeness (QED) is 0.784. The summed E-state index contributed by atoms with van der Waals surface area (Å²) in [6.45, 7) is 0. The predicted octanol–water partition coefficient (Wildman–Crippen LogP) is 3.01. The van der Waals surface area contributed by atoms with E-state index < -0.39 is 6.10 Å². The van der Waals surface area contributed by atoms with E-state index in [1.54, 1.807) is 18.2 Å². The minimum atomic E-state index is -0.830. The maximum absolute atomic E-state index is 13.1. The number of benzene rings is 2. The lowest BCUT2D eigenvalue weighted by Gasteiger charge is -2.14. The normalized spacial score (nSPS) is 14.8. The fraction of sp³-hybridized carbons (Fsp3) is 0.133. The van der Waals surface area contributed by atoms with Crippen molar-refractivity contribution in [3.8, 4) is 0 Å². The van der Waals surface area contributed by atoms with Crippen LogP contribution in [0.15, 0.2) is 36.4 Å². The summed E-state index contributed by atoms with van der Waals surface area (Å²) < 4.78 is 13.8. The van der Waals surface area contributed by atoms with E-state index in [0.717, 1.165) is 11.3 Å². The van der Waals surface area contributed by atoms with Gasteiger partial charge in [-0.15, -0.1) is 0 Å². The molecule has 0 saturated carbocycles. The lowest BCUT2D eigenvalue weighted by molar-refractivity contribution is -0.115. The molecule has 20 heavy (non-hydrogen) atoms. The van der Waals surface area contributed by atoms with E-state index in [0.29, 0.717) is 21.1 Å². The molecular weight excluding hydrogens is 372 g/mol. The van der Waals surface area contributed by atoms with E-state index in [-0.39, 0.29) is 11.7 Å². The molecule has 102 valence electrons. The van der Waals surface area contributed by atoms with Gasteiger partial charge in [0.1, 0.15) is 11.9 Å². The zero-order valence-corrected chi connectivity index (χ0v) is 12.5. The Morgan fingerprint density at radius 3 is 2.80 bits per heavy atom. The number of nitrogens with one attached hydrogen (secondary N) is 1. The minimum Gasteiger partial charge on any atom is -0.384 e. The monoisotopic (exact) mass is 383 g/mol. The van der Waals surface area contributed by atoms with E-state index in [9.17, 15) is 14.3 Å². The summed E-state index contributed by atoms with van der Waals surface area (Å²) in [7, 11) is 0. The van der Waals surface area contributed by atoms with Crippen LogP contribution in [0.25, 0.3) is 0 Å². The number of hydrogen-bond acceptors (Lipinski definition) is 2. The number of hydrogen-bond donors (Lipinski definition) is 2. The Hall–Kier alpha value is -1.47. The molecule has 0 saturated heterocycles. The topological polar surface area (TPSA) is 49.3 Å². The lowest BCUT2D eigenvalue weighted by atomic mass is 9.99. The van der Waals surface area contributed by atoms with Crippen LogP contribution in [0.4, 0.5) is 10.1 Å². The van der Waals surface area contributed by atoms with E-state index in [1.807, 2.05) is 28.7 Å². The third-order valence-electron chi connectivity index (χ3n) is 3.33. The molecule has 1 aliphatic heterocycles. The third-order valence-corrected chi connectivity index (χ3v) is 4.26. The van der Waals surface area contributed by atoms with Gasteiger partial charge in [0.2, 0.25) is 5.91 Å². The van der Waals surface area contributed by atoms with Crippen molar-refractivity contribution < 1.29 is 14.3 Å². The van der Waals surface area contributed by atoms with E-state index in [2.05, 4.69) is 5.32 Å². The number of fused-ring (bicyclic) bond motifs is 1. The van der Waals surface area contributed by atoms with Crippen LogP contribution in [-0.2, 0) is 11.2 Å². The van der Waals surface area contributed by atoms with Gasteiger partial charge in [-0.25, -0.2) is 4.39 Å². The summed E-state index contributed by atoms with van der Waals surface area (Å²) >= 11 is 2.00. The lowest BCUT2D eigenvalue weighted by Crippen LogP contribution is -2.03. The molecule has 2 N–H and O–H groups in total. The molecule has 0 bridgehead atoms. The Bertz CT molecular complexity index is 702. The van der Waals surface area contributed by atoms with Gasteiger partial charge in [0, 0.05) is 9.26 Å². The van der Waals surface area contributed by atoms with Crippen LogP contribution in [0.5, 0.6) is 0 Å². The van der Waals surface area contributed by atoms with Gasteiger partial charge in [-0.3, -0.25) is 4.79 Å². The second-order valence-electron chi connectivity index (χ2n) is 4.71. The number of amides is 1. The second kappa shape index (κ2) is 5.14. The average molecular weight is 383 g/mol. The first-order chi connectivity index (χ1) is 9.54. The zero-order valence-electron chi connectivity index (χ0n) is 10.4. The van der Waals surface area contributed by atoms with Gasteiger partial charge in [0.05, 0.1) is 6.42 Å². The zero-order chi connectivity index (χ0) is 14.3. The van der Waals surface area contributed by atoms with Crippen LogP contribution in [0.3, 0.4) is 0 Å². The number of anilines is 1. The van der Waals surface area contributed by atoms with Crippen molar-refractivity contribution in [1.82, 2.24) is 0 Å². The summed E-state index contributed by atoms with van der Waals surface area (Å²) in [4.78, 5) is 11.3. The van der Waals surface area contributed by atoms with Crippen LogP contribution in [0.2, 0.25) is 0 Å². The summed E-state index contributed by atoms with van der Waals surface area (Å²) in [5.74, 6) is -0.364. The highest BCUT2D eigenvalue weighted by atomic mass is 127. The van der Waals surface area contributed by atoms with Crippen molar-refractivity contribution in [2.24, 2.45) is 0 Å². The third kappa shape index (κ3) is 2.43. The fourth-order valence-corrected chi connectivity index (χ4v) is 3.09. The first-order valence-corrected chi connectivity index (χ1v) is 7.18. The molecule has 1 aliphatic rings. The van der Waals surface area contributed by atoms with Crippen molar-refractivity contribution in [2.75, 3.05) is 5.32 Å². The number of aliphatic hydroxyl groups excluding tert-OH is 1. The largest absolute Gasteiger partial charge is 0.384 e. The molecule has 5 heteroatoms. The molecule has 1 unspecified atom stereocenters. The molecule has 0 fully saturated rings. The fourth-order valence-electron chi connectivity index (χ4n) is 2.32. The molecular formula is C15H11FINO2. The molecule has 3 rings (SSSR count). The Balaban J connectivity index is 1.97. The first kappa shape index (κ1) is 13.5. The first-order valence-electron chi connectivity index (χ1n) is 6.10. The van der Waals surface area contributed by atoms with Gasteiger partial charge in [0.15, 0.2) is 0 Å². The number of halogens is 2. The second-order valence-corrected chi connectivity index (χ2v) is 5.87.